The summed E-state index contributed by atoms with van der Waals surface area (Å²) in [7, 11) is 0. The molecule has 1 aliphatic carbocycles. The molecule has 0 bridgehead atoms. The molecule has 1 atom stereocenters. The zero-order chi connectivity index (χ0) is 21.0. The maximum Gasteiger partial charge on any atom is 0.228 e. The summed E-state index contributed by atoms with van der Waals surface area (Å²) in [5.74, 6) is 0.0378. The molecular weight excluding hydrogens is 386 g/mol. The summed E-state index contributed by atoms with van der Waals surface area (Å²) in [4.78, 5) is 32.2. The molecule has 5 nitrogen and oxygen atoms in total. The topological polar surface area (TPSA) is 43.9 Å². The van der Waals surface area contributed by atoms with E-state index in [1.807, 2.05) is 15.9 Å². The van der Waals surface area contributed by atoms with Crippen molar-refractivity contribution >= 4 is 17.5 Å². The Morgan fingerprint density at radius 2 is 1.84 bits per heavy atom. The molecule has 0 aromatic heterocycles. The summed E-state index contributed by atoms with van der Waals surface area (Å²) in [5.41, 5.74) is 5.24. The van der Waals surface area contributed by atoms with Crippen molar-refractivity contribution in [2.45, 2.75) is 44.2 Å². The number of rotatable bonds is 4. The zero-order valence-electron chi connectivity index (χ0n) is 17.9. The Bertz CT molecular complexity index is 1030. The standard InChI is InChI=1S/C26H29N3O2/c30-24-14-22(16-29(24)23-10-9-20-7-4-8-21(20)13-23)25(31)27-17-26(18-27)11-12-28(26)15-19-5-2-1-3-6-19/h1-3,5-6,9-10,13,22H,4,7-8,11-12,14-18H2. The van der Waals surface area contributed by atoms with Crippen LogP contribution in [0.25, 0.3) is 0 Å². The molecule has 2 aromatic rings. The van der Waals surface area contributed by atoms with Crippen LogP contribution in [0.1, 0.15) is 36.0 Å². The molecule has 2 amide bonds. The number of carbonyl (C=O) groups is 2. The van der Waals surface area contributed by atoms with Gasteiger partial charge in [-0.2, -0.15) is 0 Å². The molecule has 1 spiro atoms. The highest BCUT2D eigenvalue weighted by Crippen LogP contribution is 2.41. The van der Waals surface area contributed by atoms with E-state index in [2.05, 4.69) is 47.4 Å². The van der Waals surface area contributed by atoms with E-state index in [-0.39, 0.29) is 23.3 Å². The number of nitrogens with zero attached hydrogens (tertiary/aromatic N) is 3. The first-order chi connectivity index (χ1) is 15.1. The van der Waals surface area contributed by atoms with Gasteiger partial charge in [0.25, 0.3) is 0 Å². The maximum atomic E-state index is 13.2. The Labute approximate surface area is 183 Å². The number of anilines is 1. The van der Waals surface area contributed by atoms with Gasteiger partial charge in [0.1, 0.15) is 0 Å². The van der Waals surface area contributed by atoms with Crippen LogP contribution in [0.2, 0.25) is 0 Å². The van der Waals surface area contributed by atoms with Gasteiger partial charge in [0.05, 0.1) is 11.5 Å². The number of hydrogen-bond acceptors (Lipinski definition) is 3. The molecule has 1 unspecified atom stereocenters. The lowest BCUT2D eigenvalue weighted by molar-refractivity contribution is -0.166. The van der Waals surface area contributed by atoms with E-state index in [1.165, 1.54) is 23.1 Å². The van der Waals surface area contributed by atoms with E-state index in [0.717, 1.165) is 51.1 Å². The van der Waals surface area contributed by atoms with Crippen LogP contribution < -0.4 is 4.90 Å². The van der Waals surface area contributed by atoms with Gasteiger partial charge in [0, 0.05) is 44.8 Å². The van der Waals surface area contributed by atoms with Crippen molar-refractivity contribution in [2.24, 2.45) is 5.92 Å². The van der Waals surface area contributed by atoms with Gasteiger partial charge in [-0.3, -0.25) is 14.5 Å². The summed E-state index contributed by atoms with van der Waals surface area (Å²) < 4.78 is 0. The summed E-state index contributed by atoms with van der Waals surface area (Å²) in [6.07, 6.45) is 4.94. The molecule has 31 heavy (non-hydrogen) atoms. The molecule has 0 saturated carbocycles. The van der Waals surface area contributed by atoms with Crippen molar-refractivity contribution in [1.82, 2.24) is 9.80 Å². The minimum absolute atomic E-state index is 0.0841. The fourth-order valence-corrected chi connectivity index (χ4v) is 5.92. The van der Waals surface area contributed by atoms with E-state index in [9.17, 15) is 9.59 Å². The van der Waals surface area contributed by atoms with Crippen LogP contribution in [0.4, 0.5) is 5.69 Å². The third kappa shape index (κ3) is 3.18. The third-order valence-corrected chi connectivity index (χ3v) is 7.88. The first-order valence-corrected chi connectivity index (χ1v) is 11.6. The molecule has 3 aliphatic heterocycles. The molecule has 2 aromatic carbocycles. The Morgan fingerprint density at radius 3 is 2.61 bits per heavy atom. The fourth-order valence-electron chi connectivity index (χ4n) is 5.92. The monoisotopic (exact) mass is 415 g/mol. The number of likely N-dealkylation sites (tertiary alicyclic amines) is 2. The number of fused-ring (bicyclic) bond motifs is 1. The van der Waals surface area contributed by atoms with Crippen LogP contribution in [0.15, 0.2) is 48.5 Å². The summed E-state index contributed by atoms with van der Waals surface area (Å²) in [6.45, 7) is 4.19. The van der Waals surface area contributed by atoms with Crippen molar-refractivity contribution in [3.8, 4) is 0 Å². The first kappa shape index (κ1) is 19.1. The highest BCUT2D eigenvalue weighted by Gasteiger charge is 2.55. The number of carbonyl (C=O) groups excluding carboxylic acids is 2. The van der Waals surface area contributed by atoms with Crippen LogP contribution in [-0.2, 0) is 29.0 Å². The minimum Gasteiger partial charge on any atom is -0.339 e. The number of hydrogen-bond donors (Lipinski definition) is 0. The Kier molecular flexibility index (Phi) is 4.42. The summed E-state index contributed by atoms with van der Waals surface area (Å²) in [5, 5.41) is 0. The van der Waals surface area contributed by atoms with Crippen molar-refractivity contribution in [2.75, 3.05) is 31.1 Å². The lowest BCUT2D eigenvalue weighted by Gasteiger charge is -2.63. The average molecular weight is 416 g/mol. The molecule has 0 N–H and O–H groups in total. The van der Waals surface area contributed by atoms with Crippen molar-refractivity contribution in [1.29, 1.82) is 0 Å². The number of aryl methyl sites for hydroxylation is 2. The van der Waals surface area contributed by atoms with Gasteiger partial charge in [0.2, 0.25) is 11.8 Å². The second-order valence-electron chi connectivity index (χ2n) is 9.79. The van der Waals surface area contributed by atoms with Crippen LogP contribution in [0.5, 0.6) is 0 Å². The maximum absolute atomic E-state index is 13.2. The zero-order valence-corrected chi connectivity index (χ0v) is 17.9. The highest BCUT2D eigenvalue weighted by molar-refractivity contribution is 6.00. The molecule has 3 fully saturated rings. The highest BCUT2D eigenvalue weighted by atomic mass is 16.2. The predicted molar refractivity (Wildman–Crippen MR) is 120 cm³/mol. The van der Waals surface area contributed by atoms with Crippen LogP contribution in [0.3, 0.4) is 0 Å². The quantitative estimate of drug-likeness (QED) is 0.771. The van der Waals surface area contributed by atoms with Gasteiger partial charge < -0.3 is 9.80 Å². The summed E-state index contributed by atoms with van der Waals surface area (Å²) >= 11 is 0. The number of benzene rings is 2. The van der Waals surface area contributed by atoms with Crippen molar-refractivity contribution < 1.29 is 9.59 Å². The predicted octanol–water partition coefficient (Wildman–Crippen LogP) is 3.02. The van der Waals surface area contributed by atoms with Crippen molar-refractivity contribution in [3.05, 3.63) is 65.2 Å². The van der Waals surface area contributed by atoms with E-state index in [1.54, 1.807) is 0 Å². The molecule has 3 saturated heterocycles. The molecular formula is C26H29N3O2. The van der Waals surface area contributed by atoms with E-state index < -0.39 is 0 Å². The SMILES string of the molecule is O=C(C1CC(=O)N(c2ccc3c(c2)CCC3)C1)N1CC2(CCN2Cc2ccccc2)C1. The van der Waals surface area contributed by atoms with E-state index in [4.69, 9.17) is 0 Å². The molecule has 160 valence electrons. The largest absolute Gasteiger partial charge is 0.339 e. The Balaban J connectivity index is 1.08. The first-order valence-electron chi connectivity index (χ1n) is 11.6. The second kappa shape index (κ2) is 7.20. The van der Waals surface area contributed by atoms with Crippen LogP contribution in [0, 0.1) is 5.92 Å². The van der Waals surface area contributed by atoms with Gasteiger partial charge in [-0.05, 0) is 54.5 Å². The van der Waals surface area contributed by atoms with Crippen LogP contribution >= 0.6 is 0 Å². The molecule has 6 rings (SSSR count). The van der Waals surface area contributed by atoms with Gasteiger partial charge in [-0.25, -0.2) is 0 Å². The van der Waals surface area contributed by atoms with Gasteiger partial charge >= 0.3 is 0 Å². The van der Waals surface area contributed by atoms with E-state index >= 15 is 0 Å². The number of amides is 2. The van der Waals surface area contributed by atoms with Crippen molar-refractivity contribution in [3.63, 3.8) is 0 Å². The van der Waals surface area contributed by atoms with Gasteiger partial charge in [-0.1, -0.05) is 36.4 Å². The normalized spacial score (nSPS) is 24.3. The fraction of sp³-hybridized carbons (Fsp3) is 0.462. The van der Waals surface area contributed by atoms with E-state index in [0.29, 0.717) is 13.0 Å². The molecule has 3 heterocycles. The third-order valence-electron chi connectivity index (χ3n) is 7.88. The smallest absolute Gasteiger partial charge is 0.228 e. The average Bonchev–Trinajstić information content (AvgIpc) is 3.37. The van der Waals surface area contributed by atoms with Crippen LogP contribution in [-0.4, -0.2) is 53.3 Å². The second-order valence-corrected chi connectivity index (χ2v) is 9.79. The lowest BCUT2D eigenvalue weighted by atomic mass is 9.76. The Hall–Kier alpha value is -2.66. The molecule has 0 radical (unpaired) electrons. The minimum atomic E-state index is -0.208. The molecule has 5 heteroatoms. The van der Waals surface area contributed by atoms with Gasteiger partial charge in [-0.15, -0.1) is 0 Å². The van der Waals surface area contributed by atoms with Gasteiger partial charge in [0.15, 0.2) is 0 Å². The lowest BCUT2D eigenvalue weighted by Crippen LogP contribution is -2.77. The summed E-state index contributed by atoms with van der Waals surface area (Å²) in [6, 6.07) is 17.0. The molecule has 4 aliphatic rings. The Morgan fingerprint density at radius 1 is 1.03 bits per heavy atom.